The molecule has 0 fully saturated rings. The molecule has 1 aromatic rings. The Kier molecular flexibility index (Phi) is 5.45. The van der Waals surface area contributed by atoms with Crippen LogP contribution >= 0.6 is 31.9 Å². The van der Waals surface area contributed by atoms with Gasteiger partial charge in [0, 0.05) is 9.30 Å². The number of rotatable bonds is 4. The monoisotopic (exact) mass is 350 g/mol. The standard InChI is InChI=1S/C13H17Br2F/c1-8(2)12(9(3)14)7-10-6-11(16)4-5-13(10)15/h4-6,8-9,12H,7H2,1-3H3. The Hall–Kier alpha value is 0.110. The van der Waals surface area contributed by atoms with Crippen LogP contribution in [0, 0.1) is 17.7 Å². The Morgan fingerprint density at radius 3 is 2.38 bits per heavy atom. The lowest BCUT2D eigenvalue weighted by Gasteiger charge is -2.24. The Labute approximate surface area is 114 Å². The molecule has 0 aliphatic rings. The summed E-state index contributed by atoms with van der Waals surface area (Å²) in [5, 5.41) is 0. The summed E-state index contributed by atoms with van der Waals surface area (Å²) in [5.74, 6) is 0.922. The van der Waals surface area contributed by atoms with Crippen molar-refractivity contribution in [3.8, 4) is 0 Å². The highest BCUT2D eigenvalue weighted by molar-refractivity contribution is 9.10. The van der Waals surface area contributed by atoms with E-state index < -0.39 is 0 Å². The van der Waals surface area contributed by atoms with Crippen LogP contribution in [0.15, 0.2) is 22.7 Å². The van der Waals surface area contributed by atoms with E-state index in [-0.39, 0.29) is 5.82 Å². The molecule has 2 unspecified atom stereocenters. The predicted molar refractivity (Wildman–Crippen MR) is 74.5 cm³/mol. The van der Waals surface area contributed by atoms with Crippen LogP contribution in [0.4, 0.5) is 4.39 Å². The second kappa shape index (κ2) is 6.15. The minimum atomic E-state index is -0.164. The smallest absolute Gasteiger partial charge is 0.123 e. The molecule has 1 aromatic carbocycles. The van der Waals surface area contributed by atoms with Gasteiger partial charge in [-0.15, -0.1) is 0 Å². The van der Waals surface area contributed by atoms with Crippen LogP contribution in [0.25, 0.3) is 0 Å². The minimum absolute atomic E-state index is 0.164. The topological polar surface area (TPSA) is 0 Å². The van der Waals surface area contributed by atoms with Crippen LogP contribution in [0.5, 0.6) is 0 Å². The average Bonchev–Trinajstić information content (AvgIpc) is 2.18. The first-order valence-corrected chi connectivity index (χ1v) is 7.20. The number of benzene rings is 1. The molecule has 3 heteroatoms. The van der Waals surface area contributed by atoms with E-state index in [1.807, 2.05) is 0 Å². The van der Waals surface area contributed by atoms with Crippen molar-refractivity contribution in [1.29, 1.82) is 0 Å². The zero-order chi connectivity index (χ0) is 12.3. The SMILES string of the molecule is CC(C)C(Cc1cc(F)ccc1Br)C(C)Br. The number of hydrogen-bond donors (Lipinski definition) is 0. The Morgan fingerprint density at radius 1 is 1.25 bits per heavy atom. The predicted octanol–water partition coefficient (Wildman–Crippen LogP) is 5.19. The first-order chi connectivity index (χ1) is 7.41. The normalized spacial score (nSPS) is 15.2. The van der Waals surface area contributed by atoms with Crippen molar-refractivity contribution >= 4 is 31.9 Å². The molecule has 0 aliphatic heterocycles. The minimum Gasteiger partial charge on any atom is -0.207 e. The van der Waals surface area contributed by atoms with Crippen molar-refractivity contribution in [3.05, 3.63) is 34.1 Å². The maximum absolute atomic E-state index is 13.2. The summed E-state index contributed by atoms with van der Waals surface area (Å²) in [4.78, 5) is 0.433. The molecule has 0 aliphatic carbocycles. The fourth-order valence-corrected chi connectivity index (χ4v) is 3.09. The molecule has 2 atom stereocenters. The summed E-state index contributed by atoms with van der Waals surface area (Å²) < 4.78 is 14.2. The van der Waals surface area contributed by atoms with Crippen molar-refractivity contribution in [3.63, 3.8) is 0 Å². The molecule has 90 valence electrons. The Balaban J connectivity index is 2.89. The largest absolute Gasteiger partial charge is 0.207 e. The molecule has 16 heavy (non-hydrogen) atoms. The van der Waals surface area contributed by atoms with Gasteiger partial charge in [-0.1, -0.05) is 52.6 Å². The Morgan fingerprint density at radius 2 is 1.88 bits per heavy atom. The number of alkyl halides is 1. The van der Waals surface area contributed by atoms with Crippen LogP contribution < -0.4 is 0 Å². The summed E-state index contributed by atoms with van der Waals surface area (Å²) in [5.41, 5.74) is 1.05. The molecular formula is C13H17Br2F. The van der Waals surface area contributed by atoms with Crippen LogP contribution in [0.3, 0.4) is 0 Å². The molecule has 0 bridgehead atoms. The van der Waals surface area contributed by atoms with Gasteiger partial charge < -0.3 is 0 Å². The first-order valence-electron chi connectivity index (χ1n) is 5.49. The lowest BCUT2D eigenvalue weighted by Crippen LogP contribution is -2.20. The van der Waals surface area contributed by atoms with Gasteiger partial charge in [-0.25, -0.2) is 4.39 Å². The van der Waals surface area contributed by atoms with Gasteiger partial charge in [-0.05, 0) is 42.0 Å². The zero-order valence-electron chi connectivity index (χ0n) is 9.81. The molecule has 0 spiro atoms. The summed E-state index contributed by atoms with van der Waals surface area (Å²) in [6.07, 6.45) is 0.891. The average molecular weight is 352 g/mol. The third-order valence-corrected chi connectivity index (χ3v) is 4.36. The molecule has 0 saturated carbocycles. The molecular weight excluding hydrogens is 335 g/mol. The van der Waals surface area contributed by atoms with E-state index >= 15 is 0 Å². The summed E-state index contributed by atoms with van der Waals surface area (Å²) in [7, 11) is 0. The van der Waals surface area contributed by atoms with Gasteiger partial charge in [-0.2, -0.15) is 0 Å². The molecule has 0 amide bonds. The van der Waals surface area contributed by atoms with E-state index in [4.69, 9.17) is 0 Å². The highest BCUT2D eigenvalue weighted by atomic mass is 79.9. The van der Waals surface area contributed by atoms with Crippen molar-refractivity contribution in [1.82, 2.24) is 0 Å². The van der Waals surface area contributed by atoms with Crippen LogP contribution in [-0.2, 0) is 6.42 Å². The summed E-state index contributed by atoms with van der Waals surface area (Å²) >= 11 is 7.11. The van der Waals surface area contributed by atoms with Crippen molar-refractivity contribution in [2.45, 2.75) is 32.0 Å². The number of hydrogen-bond acceptors (Lipinski definition) is 0. The molecule has 0 saturated heterocycles. The van der Waals surface area contributed by atoms with Gasteiger partial charge in [0.25, 0.3) is 0 Å². The first kappa shape index (κ1) is 14.2. The second-order valence-corrected chi connectivity index (χ2v) is 6.82. The van der Waals surface area contributed by atoms with Gasteiger partial charge in [0.15, 0.2) is 0 Å². The molecule has 0 heterocycles. The maximum Gasteiger partial charge on any atom is 0.123 e. The van der Waals surface area contributed by atoms with Crippen LogP contribution in [0.1, 0.15) is 26.3 Å². The van der Waals surface area contributed by atoms with Gasteiger partial charge in [0.1, 0.15) is 5.82 Å². The fourth-order valence-electron chi connectivity index (χ4n) is 1.88. The molecule has 0 nitrogen and oxygen atoms in total. The highest BCUT2D eigenvalue weighted by Crippen LogP contribution is 2.29. The molecule has 0 N–H and O–H groups in total. The maximum atomic E-state index is 13.2. The fraction of sp³-hybridized carbons (Fsp3) is 0.538. The molecule has 1 rings (SSSR count). The van der Waals surface area contributed by atoms with Crippen molar-refractivity contribution in [2.24, 2.45) is 11.8 Å². The third kappa shape index (κ3) is 3.85. The van der Waals surface area contributed by atoms with Gasteiger partial charge in [-0.3, -0.25) is 0 Å². The molecule has 0 radical (unpaired) electrons. The van der Waals surface area contributed by atoms with E-state index in [0.717, 1.165) is 16.5 Å². The van der Waals surface area contributed by atoms with Crippen molar-refractivity contribution < 1.29 is 4.39 Å². The van der Waals surface area contributed by atoms with E-state index in [1.54, 1.807) is 12.1 Å². The molecule has 0 aromatic heterocycles. The van der Waals surface area contributed by atoms with Crippen LogP contribution in [-0.4, -0.2) is 4.83 Å². The third-order valence-electron chi connectivity index (χ3n) is 2.91. The quantitative estimate of drug-likeness (QED) is 0.655. The van der Waals surface area contributed by atoms with E-state index in [0.29, 0.717) is 16.7 Å². The van der Waals surface area contributed by atoms with Crippen LogP contribution in [0.2, 0.25) is 0 Å². The van der Waals surface area contributed by atoms with E-state index in [9.17, 15) is 4.39 Å². The lowest BCUT2D eigenvalue weighted by atomic mass is 9.87. The van der Waals surface area contributed by atoms with Gasteiger partial charge >= 0.3 is 0 Å². The summed E-state index contributed by atoms with van der Waals surface area (Å²) in [6.45, 7) is 6.56. The van der Waals surface area contributed by atoms with E-state index in [2.05, 4.69) is 52.6 Å². The lowest BCUT2D eigenvalue weighted by molar-refractivity contribution is 0.382. The van der Waals surface area contributed by atoms with E-state index in [1.165, 1.54) is 6.07 Å². The van der Waals surface area contributed by atoms with Crippen molar-refractivity contribution in [2.75, 3.05) is 0 Å². The van der Waals surface area contributed by atoms with Gasteiger partial charge in [0.2, 0.25) is 0 Å². The summed E-state index contributed by atoms with van der Waals surface area (Å²) in [6, 6.07) is 4.88. The Bertz CT molecular complexity index is 340. The zero-order valence-corrected chi connectivity index (χ0v) is 13.0. The second-order valence-electron chi connectivity index (χ2n) is 4.53. The number of halogens is 3. The van der Waals surface area contributed by atoms with Gasteiger partial charge in [0.05, 0.1) is 0 Å². The highest BCUT2D eigenvalue weighted by Gasteiger charge is 2.20.